The molecule has 0 fully saturated rings. The fourth-order valence-corrected chi connectivity index (χ4v) is 3.60. The molecule has 8 heteroatoms. The molecule has 0 aliphatic rings. The first-order valence-corrected chi connectivity index (χ1v) is 10.7. The van der Waals surface area contributed by atoms with E-state index in [1.165, 1.54) is 0 Å². The molecular formula is C22H28N4O3S. The van der Waals surface area contributed by atoms with Crippen LogP contribution < -0.4 is 0 Å². The van der Waals surface area contributed by atoms with Gasteiger partial charge in [-0.05, 0) is 48.7 Å². The highest BCUT2D eigenvalue weighted by molar-refractivity contribution is 7.99. The van der Waals surface area contributed by atoms with E-state index in [1.54, 1.807) is 36.6 Å². The third-order valence-electron chi connectivity index (χ3n) is 4.34. The van der Waals surface area contributed by atoms with Gasteiger partial charge in [0.25, 0.3) is 0 Å². The van der Waals surface area contributed by atoms with Gasteiger partial charge < -0.3 is 9.84 Å². The lowest BCUT2D eigenvalue weighted by atomic mass is 10.1. The first kappa shape index (κ1) is 23.6. The van der Waals surface area contributed by atoms with Gasteiger partial charge in [0, 0.05) is 18.4 Å². The topological polar surface area (TPSA) is 90.1 Å². The number of aliphatic carboxylic acids is 1. The summed E-state index contributed by atoms with van der Waals surface area (Å²) in [5.41, 5.74) is 2.34. The monoisotopic (exact) mass is 428 g/mol. The van der Waals surface area contributed by atoms with Gasteiger partial charge in [0.1, 0.15) is 0 Å². The number of hydrogen-bond acceptors (Lipinski definition) is 6. The normalized spacial score (nSPS) is 14.8. The van der Waals surface area contributed by atoms with Crippen LogP contribution in [0.2, 0.25) is 0 Å². The van der Waals surface area contributed by atoms with E-state index in [0.29, 0.717) is 5.57 Å². The molecule has 30 heavy (non-hydrogen) atoms. The zero-order valence-corrected chi connectivity index (χ0v) is 18.5. The number of rotatable bonds is 11. The lowest BCUT2D eigenvalue weighted by Gasteiger charge is -2.11. The number of carboxylic acids is 1. The van der Waals surface area contributed by atoms with E-state index in [9.17, 15) is 4.79 Å². The Kier molecular flexibility index (Phi) is 9.50. The Morgan fingerprint density at radius 3 is 2.67 bits per heavy atom. The van der Waals surface area contributed by atoms with Crippen LogP contribution in [0.15, 0.2) is 70.9 Å². The SMILES string of the molecule is CO[C@H](/C=C(C)/C=C/[C@@H](C)/C=C(\C)C(=O)O)CCSc1nnnn1-c1ccccc1. The summed E-state index contributed by atoms with van der Waals surface area (Å²) < 4.78 is 7.31. The molecule has 2 aromatic rings. The second-order valence-electron chi connectivity index (χ2n) is 6.90. The molecule has 0 saturated carbocycles. The third kappa shape index (κ3) is 7.61. The molecule has 1 heterocycles. The van der Waals surface area contributed by atoms with Gasteiger partial charge in [-0.2, -0.15) is 4.68 Å². The molecule has 2 atom stereocenters. The van der Waals surface area contributed by atoms with Crippen molar-refractivity contribution in [3.63, 3.8) is 0 Å². The third-order valence-corrected chi connectivity index (χ3v) is 5.29. The molecule has 0 unspecified atom stereocenters. The number of ether oxygens (including phenoxy) is 1. The fraction of sp³-hybridized carbons (Fsp3) is 0.364. The van der Waals surface area contributed by atoms with Gasteiger partial charge in [0.15, 0.2) is 0 Å². The minimum atomic E-state index is -0.891. The van der Waals surface area contributed by atoms with E-state index in [0.717, 1.165) is 28.6 Å². The summed E-state index contributed by atoms with van der Waals surface area (Å²) in [7, 11) is 1.69. The van der Waals surface area contributed by atoms with Crippen LogP contribution in [0, 0.1) is 5.92 Å². The summed E-state index contributed by atoms with van der Waals surface area (Å²) in [5, 5.41) is 21.7. The first-order chi connectivity index (χ1) is 14.4. The number of carbonyl (C=O) groups is 1. The van der Waals surface area contributed by atoms with Crippen molar-refractivity contribution in [2.24, 2.45) is 5.92 Å². The largest absolute Gasteiger partial charge is 0.478 e. The van der Waals surface area contributed by atoms with Gasteiger partial charge >= 0.3 is 5.97 Å². The zero-order chi connectivity index (χ0) is 21.9. The van der Waals surface area contributed by atoms with Crippen molar-refractivity contribution in [3.8, 4) is 5.69 Å². The summed E-state index contributed by atoms with van der Waals surface area (Å²) in [6.07, 6.45) is 8.54. The van der Waals surface area contributed by atoms with Crippen LogP contribution in [-0.2, 0) is 9.53 Å². The molecule has 0 aliphatic carbocycles. The zero-order valence-electron chi connectivity index (χ0n) is 17.7. The molecule has 1 aromatic heterocycles. The summed E-state index contributed by atoms with van der Waals surface area (Å²) in [6.45, 7) is 5.56. The Balaban J connectivity index is 1.90. The molecular weight excluding hydrogens is 400 g/mol. The number of allylic oxidation sites excluding steroid dienone is 4. The van der Waals surface area contributed by atoms with E-state index < -0.39 is 5.97 Å². The molecule has 0 amide bonds. The summed E-state index contributed by atoms with van der Waals surface area (Å²) in [5.74, 6) is -0.0495. The van der Waals surface area contributed by atoms with Crippen LogP contribution in [0.4, 0.5) is 0 Å². The van der Waals surface area contributed by atoms with Gasteiger partial charge in [-0.15, -0.1) is 5.10 Å². The van der Waals surface area contributed by atoms with E-state index in [1.807, 2.05) is 56.3 Å². The van der Waals surface area contributed by atoms with Crippen LogP contribution in [-0.4, -0.2) is 50.2 Å². The van der Waals surface area contributed by atoms with Crippen LogP contribution >= 0.6 is 11.8 Å². The van der Waals surface area contributed by atoms with Crippen LogP contribution in [0.1, 0.15) is 27.2 Å². The number of tetrazole rings is 1. The number of methoxy groups -OCH3 is 1. The standard InChI is InChI=1S/C22H28N4O3S/c1-16(14-18(3)21(27)28)10-11-17(2)15-20(29-4)12-13-30-22-23-24-25-26(22)19-8-6-5-7-9-19/h5-11,14-16,20H,12-13H2,1-4H3,(H,27,28)/b11-10+,17-15+,18-14+/t16-,20+/m1/s1. The highest BCUT2D eigenvalue weighted by atomic mass is 32.2. The lowest BCUT2D eigenvalue weighted by molar-refractivity contribution is -0.132. The first-order valence-electron chi connectivity index (χ1n) is 9.68. The summed E-state index contributed by atoms with van der Waals surface area (Å²) >= 11 is 1.58. The lowest BCUT2D eigenvalue weighted by Crippen LogP contribution is -2.09. The Morgan fingerprint density at radius 2 is 2.00 bits per heavy atom. The summed E-state index contributed by atoms with van der Waals surface area (Å²) in [6, 6.07) is 9.79. The smallest absolute Gasteiger partial charge is 0.330 e. The van der Waals surface area contributed by atoms with Crippen LogP contribution in [0.5, 0.6) is 0 Å². The molecule has 0 bridgehead atoms. The van der Waals surface area contributed by atoms with Gasteiger partial charge in [0.05, 0.1) is 11.8 Å². The Bertz CT molecular complexity index is 906. The van der Waals surface area contributed by atoms with Crippen molar-refractivity contribution < 1.29 is 14.6 Å². The fourth-order valence-electron chi connectivity index (χ4n) is 2.71. The van der Waals surface area contributed by atoms with Crippen molar-refractivity contribution in [2.45, 2.75) is 38.5 Å². The Labute approximate surface area is 181 Å². The van der Waals surface area contributed by atoms with Crippen molar-refractivity contribution in [1.82, 2.24) is 20.2 Å². The van der Waals surface area contributed by atoms with Crippen molar-refractivity contribution >= 4 is 17.7 Å². The second-order valence-corrected chi connectivity index (χ2v) is 7.97. The number of carboxylic acid groups (broad SMARTS) is 1. The Morgan fingerprint density at radius 1 is 1.27 bits per heavy atom. The van der Waals surface area contributed by atoms with Gasteiger partial charge in [-0.25, -0.2) is 4.79 Å². The van der Waals surface area contributed by atoms with Crippen molar-refractivity contribution in [2.75, 3.05) is 12.9 Å². The second kappa shape index (κ2) is 12.1. The number of nitrogens with zero attached hydrogens (tertiary/aromatic N) is 4. The van der Waals surface area contributed by atoms with Crippen molar-refractivity contribution in [3.05, 3.63) is 65.8 Å². The minimum absolute atomic E-state index is 0.0326. The predicted octanol–water partition coefficient (Wildman–Crippen LogP) is 4.33. The van der Waals surface area contributed by atoms with E-state index in [2.05, 4.69) is 21.6 Å². The molecule has 2 rings (SSSR count). The number of hydrogen-bond donors (Lipinski definition) is 1. The van der Waals surface area contributed by atoms with Gasteiger partial charge in [0.2, 0.25) is 5.16 Å². The van der Waals surface area contributed by atoms with Gasteiger partial charge in [-0.3, -0.25) is 0 Å². The molecule has 0 aliphatic heterocycles. The maximum atomic E-state index is 10.9. The quantitative estimate of drug-likeness (QED) is 0.324. The predicted molar refractivity (Wildman–Crippen MR) is 119 cm³/mol. The number of aromatic nitrogens is 4. The minimum Gasteiger partial charge on any atom is -0.478 e. The average molecular weight is 429 g/mol. The summed E-state index contributed by atoms with van der Waals surface area (Å²) in [4.78, 5) is 10.9. The number of benzene rings is 1. The molecule has 1 aromatic carbocycles. The molecule has 7 nitrogen and oxygen atoms in total. The molecule has 0 radical (unpaired) electrons. The number of para-hydroxylation sites is 1. The highest BCUT2D eigenvalue weighted by Gasteiger charge is 2.10. The van der Waals surface area contributed by atoms with Crippen molar-refractivity contribution in [1.29, 1.82) is 0 Å². The van der Waals surface area contributed by atoms with E-state index >= 15 is 0 Å². The molecule has 160 valence electrons. The average Bonchev–Trinajstić information content (AvgIpc) is 3.20. The molecule has 1 N–H and O–H groups in total. The van der Waals surface area contributed by atoms with E-state index in [-0.39, 0.29) is 12.0 Å². The maximum absolute atomic E-state index is 10.9. The van der Waals surface area contributed by atoms with E-state index in [4.69, 9.17) is 9.84 Å². The highest BCUT2D eigenvalue weighted by Crippen LogP contribution is 2.20. The maximum Gasteiger partial charge on any atom is 0.330 e. The van der Waals surface area contributed by atoms with Gasteiger partial charge in [-0.1, -0.05) is 66.8 Å². The number of thioether (sulfide) groups is 1. The van der Waals surface area contributed by atoms with Crippen LogP contribution in [0.25, 0.3) is 5.69 Å². The van der Waals surface area contributed by atoms with Crippen LogP contribution in [0.3, 0.4) is 0 Å². The molecule has 0 saturated heterocycles. The Hall–Kier alpha value is -2.71. The molecule has 0 spiro atoms.